The maximum Gasteiger partial charge on any atom is 0.407 e. The molecule has 35 heavy (non-hydrogen) atoms. The van der Waals surface area contributed by atoms with Gasteiger partial charge in [-0.15, -0.1) is 0 Å². The monoisotopic (exact) mass is 478 g/mol. The Morgan fingerprint density at radius 1 is 1.03 bits per heavy atom. The SMILES string of the molecule is CC(C)C(NC(=O)OCC1c2ccccc2-c2ccccc21)C(C)(C)C(=O)NCC1CC1C(=O)O. The molecule has 186 valence electrons. The third-order valence-corrected chi connectivity index (χ3v) is 7.41. The molecule has 7 heteroatoms. The minimum atomic E-state index is -0.909. The summed E-state index contributed by atoms with van der Waals surface area (Å²) in [6.07, 6.45) is 0.0290. The van der Waals surface area contributed by atoms with Crippen molar-refractivity contribution in [3.05, 3.63) is 59.7 Å². The maximum atomic E-state index is 13.0. The van der Waals surface area contributed by atoms with E-state index in [1.807, 2.05) is 38.1 Å². The number of nitrogens with one attached hydrogen (secondary N) is 2. The van der Waals surface area contributed by atoms with Crippen molar-refractivity contribution in [1.82, 2.24) is 10.6 Å². The molecular formula is C28H34N2O5. The molecule has 0 bridgehead atoms. The van der Waals surface area contributed by atoms with Crippen LogP contribution in [0, 0.1) is 23.2 Å². The van der Waals surface area contributed by atoms with Gasteiger partial charge in [0.05, 0.1) is 11.3 Å². The second-order valence-corrected chi connectivity index (χ2v) is 10.6. The van der Waals surface area contributed by atoms with Crippen molar-refractivity contribution in [3.8, 4) is 11.1 Å². The minimum Gasteiger partial charge on any atom is -0.481 e. The van der Waals surface area contributed by atoms with Gasteiger partial charge in [0.15, 0.2) is 0 Å². The van der Waals surface area contributed by atoms with Crippen LogP contribution in [0.1, 0.15) is 51.2 Å². The first-order chi connectivity index (χ1) is 16.6. The van der Waals surface area contributed by atoms with Crippen molar-refractivity contribution in [2.24, 2.45) is 23.2 Å². The van der Waals surface area contributed by atoms with Gasteiger partial charge in [0.1, 0.15) is 6.61 Å². The number of carboxylic acids is 1. The van der Waals surface area contributed by atoms with E-state index in [1.165, 1.54) is 0 Å². The van der Waals surface area contributed by atoms with Crippen LogP contribution < -0.4 is 10.6 Å². The van der Waals surface area contributed by atoms with Crippen LogP contribution in [0.3, 0.4) is 0 Å². The Bertz CT molecular complexity index is 1080. The van der Waals surface area contributed by atoms with Crippen LogP contribution in [0.4, 0.5) is 4.79 Å². The topological polar surface area (TPSA) is 105 Å². The van der Waals surface area contributed by atoms with Gasteiger partial charge in [-0.05, 0) is 54.4 Å². The zero-order valence-corrected chi connectivity index (χ0v) is 20.7. The van der Waals surface area contributed by atoms with Crippen LogP contribution in [0.15, 0.2) is 48.5 Å². The van der Waals surface area contributed by atoms with E-state index in [9.17, 15) is 14.4 Å². The Hall–Kier alpha value is -3.35. The second kappa shape index (κ2) is 9.72. The lowest BCUT2D eigenvalue weighted by molar-refractivity contribution is -0.139. The van der Waals surface area contributed by atoms with Gasteiger partial charge in [-0.3, -0.25) is 9.59 Å². The van der Waals surface area contributed by atoms with Crippen molar-refractivity contribution in [2.45, 2.75) is 46.1 Å². The summed E-state index contributed by atoms with van der Waals surface area (Å²) in [5.41, 5.74) is 3.70. The Morgan fingerprint density at radius 2 is 1.60 bits per heavy atom. The number of carbonyl (C=O) groups is 3. The fraction of sp³-hybridized carbons (Fsp3) is 0.464. The van der Waals surface area contributed by atoms with Crippen LogP contribution in [0.5, 0.6) is 0 Å². The van der Waals surface area contributed by atoms with Crippen molar-refractivity contribution in [1.29, 1.82) is 0 Å². The van der Waals surface area contributed by atoms with Gasteiger partial charge >= 0.3 is 12.1 Å². The molecule has 1 fully saturated rings. The molecule has 0 heterocycles. The quantitative estimate of drug-likeness (QED) is 0.495. The van der Waals surface area contributed by atoms with Crippen LogP contribution in [0.25, 0.3) is 11.1 Å². The van der Waals surface area contributed by atoms with E-state index in [-0.39, 0.29) is 36.2 Å². The van der Waals surface area contributed by atoms with E-state index >= 15 is 0 Å². The summed E-state index contributed by atoms with van der Waals surface area (Å²) in [7, 11) is 0. The number of amides is 2. The van der Waals surface area contributed by atoms with Gasteiger partial charge in [0, 0.05) is 18.5 Å². The Balaban J connectivity index is 1.38. The Morgan fingerprint density at radius 3 is 2.11 bits per heavy atom. The average Bonchev–Trinajstić information content (AvgIpc) is 3.55. The fourth-order valence-electron chi connectivity index (χ4n) is 5.32. The number of rotatable bonds is 9. The zero-order valence-electron chi connectivity index (χ0n) is 20.7. The molecule has 7 nitrogen and oxygen atoms in total. The predicted octanol–water partition coefficient (Wildman–Crippen LogP) is 4.41. The number of fused-ring (bicyclic) bond motifs is 3. The molecule has 2 aliphatic rings. The molecule has 2 aromatic carbocycles. The predicted molar refractivity (Wildman–Crippen MR) is 133 cm³/mol. The molecule has 0 spiro atoms. The highest BCUT2D eigenvalue weighted by atomic mass is 16.5. The molecular weight excluding hydrogens is 444 g/mol. The average molecular weight is 479 g/mol. The largest absolute Gasteiger partial charge is 0.481 e. The standard InChI is InChI=1S/C28H34N2O5/c1-16(2)24(28(3,4)26(33)29-14-17-13-22(17)25(31)32)30-27(34)35-15-23-20-11-7-5-9-18(20)19-10-6-8-12-21(19)23/h5-12,16-17,22-24H,13-15H2,1-4H3,(H,29,33)(H,30,34)(H,31,32). The maximum absolute atomic E-state index is 13.0. The molecule has 3 N–H and O–H groups in total. The van der Waals surface area contributed by atoms with E-state index in [1.54, 1.807) is 13.8 Å². The summed E-state index contributed by atoms with van der Waals surface area (Å²) in [5, 5.41) is 14.9. The molecule has 0 aromatic heterocycles. The molecule has 0 saturated heterocycles. The highest BCUT2D eigenvalue weighted by Gasteiger charge is 2.45. The van der Waals surface area contributed by atoms with E-state index in [4.69, 9.17) is 9.84 Å². The molecule has 2 aliphatic carbocycles. The molecule has 4 rings (SSSR count). The highest BCUT2D eigenvalue weighted by Crippen LogP contribution is 2.44. The fourth-order valence-corrected chi connectivity index (χ4v) is 5.32. The second-order valence-electron chi connectivity index (χ2n) is 10.6. The van der Waals surface area contributed by atoms with Gasteiger partial charge in [-0.25, -0.2) is 4.79 Å². The minimum absolute atomic E-state index is 0.0241. The number of aliphatic carboxylic acids is 1. The number of carboxylic acid groups (broad SMARTS) is 1. The molecule has 2 aromatic rings. The van der Waals surface area contributed by atoms with Crippen LogP contribution in [-0.2, 0) is 14.3 Å². The van der Waals surface area contributed by atoms with Gasteiger partial charge < -0.3 is 20.5 Å². The Kier molecular flexibility index (Phi) is 6.88. The van der Waals surface area contributed by atoms with Crippen molar-refractivity contribution >= 4 is 18.0 Å². The van der Waals surface area contributed by atoms with Crippen LogP contribution >= 0.6 is 0 Å². The number of benzene rings is 2. The van der Waals surface area contributed by atoms with Crippen molar-refractivity contribution < 1.29 is 24.2 Å². The van der Waals surface area contributed by atoms with Gasteiger partial charge in [-0.1, -0.05) is 62.4 Å². The lowest BCUT2D eigenvalue weighted by Gasteiger charge is -2.36. The number of carbonyl (C=O) groups excluding carboxylic acids is 2. The molecule has 0 radical (unpaired) electrons. The van der Waals surface area contributed by atoms with Crippen molar-refractivity contribution in [3.63, 3.8) is 0 Å². The zero-order chi connectivity index (χ0) is 25.3. The third kappa shape index (κ3) is 5.04. The lowest BCUT2D eigenvalue weighted by Crippen LogP contribution is -2.55. The molecule has 3 atom stereocenters. The number of ether oxygens (including phenoxy) is 1. The summed E-state index contributed by atoms with van der Waals surface area (Å²) >= 11 is 0. The van der Waals surface area contributed by atoms with E-state index in [2.05, 4.69) is 34.9 Å². The summed E-state index contributed by atoms with van der Waals surface area (Å²) in [6, 6.07) is 15.9. The highest BCUT2D eigenvalue weighted by molar-refractivity contribution is 5.84. The van der Waals surface area contributed by atoms with Crippen LogP contribution in [0.2, 0.25) is 0 Å². The first kappa shape index (κ1) is 24.8. The van der Waals surface area contributed by atoms with E-state index in [0.717, 1.165) is 22.3 Å². The molecule has 2 amide bonds. The summed E-state index contributed by atoms with van der Waals surface area (Å²) in [4.78, 5) is 36.9. The first-order valence-electron chi connectivity index (χ1n) is 12.2. The summed E-state index contributed by atoms with van der Waals surface area (Å²) in [6.45, 7) is 8.01. The van der Waals surface area contributed by atoms with Gasteiger partial charge in [0.25, 0.3) is 0 Å². The molecule has 1 saturated carbocycles. The number of hydrogen-bond donors (Lipinski definition) is 3. The molecule has 3 unspecified atom stereocenters. The summed E-state index contributed by atoms with van der Waals surface area (Å²) in [5.74, 6) is -1.50. The molecule has 0 aliphatic heterocycles. The first-order valence-corrected chi connectivity index (χ1v) is 12.2. The number of hydrogen-bond acceptors (Lipinski definition) is 4. The van der Waals surface area contributed by atoms with E-state index < -0.39 is 23.5 Å². The summed E-state index contributed by atoms with van der Waals surface area (Å²) < 4.78 is 5.70. The van der Waals surface area contributed by atoms with Gasteiger partial charge in [0.2, 0.25) is 5.91 Å². The normalized spacial score (nSPS) is 19.5. The van der Waals surface area contributed by atoms with Crippen LogP contribution in [-0.4, -0.2) is 42.3 Å². The van der Waals surface area contributed by atoms with Crippen molar-refractivity contribution in [2.75, 3.05) is 13.2 Å². The number of alkyl carbamates (subject to hydrolysis) is 1. The lowest BCUT2D eigenvalue weighted by atomic mass is 9.77. The van der Waals surface area contributed by atoms with E-state index in [0.29, 0.717) is 13.0 Å². The Labute approximate surface area is 206 Å². The third-order valence-electron chi connectivity index (χ3n) is 7.41. The smallest absolute Gasteiger partial charge is 0.407 e. The van der Waals surface area contributed by atoms with Gasteiger partial charge in [-0.2, -0.15) is 0 Å².